The second-order valence-electron chi connectivity index (χ2n) is 5.87. The number of urea groups is 1. The predicted octanol–water partition coefficient (Wildman–Crippen LogP) is 0.0354. The first-order chi connectivity index (χ1) is 9.01. The van der Waals surface area contributed by atoms with E-state index < -0.39 is 6.03 Å². The summed E-state index contributed by atoms with van der Waals surface area (Å²) in [7, 11) is 0. The highest BCUT2D eigenvalue weighted by molar-refractivity contribution is 5.86. The van der Waals surface area contributed by atoms with Crippen LogP contribution in [0.4, 0.5) is 4.79 Å². The molecule has 2 fully saturated rings. The number of nitrogens with zero attached hydrogens (tertiary/aromatic N) is 1. The van der Waals surface area contributed by atoms with Gasteiger partial charge in [0, 0.05) is 19.6 Å². The minimum atomic E-state index is -0.493. The normalized spacial score (nSPS) is 31.2. The van der Waals surface area contributed by atoms with Gasteiger partial charge >= 0.3 is 6.03 Å². The van der Waals surface area contributed by atoms with Gasteiger partial charge in [-0.25, -0.2) is 4.79 Å². The SMILES string of the molecule is CC1(C(=O)N2CCCC(CNC(N)=O)C2)CCCN1. The average Bonchev–Trinajstić information content (AvgIpc) is 2.84. The fourth-order valence-electron chi connectivity index (χ4n) is 3.09. The second kappa shape index (κ2) is 5.77. The van der Waals surface area contributed by atoms with E-state index in [1.165, 1.54) is 0 Å². The zero-order chi connectivity index (χ0) is 13.9. The minimum absolute atomic E-state index is 0.203. The Bertz CT molecular complexity index is 353. The first kappa shape index (κ1) is 14.1. The number of carbonyl (C=O) groups excluding carboxylic acids is 2. The number of piperidine rings is 1. The van der Waals surface area contributed by atoms with Gasteiger partial charge in [-0.1, -0.05) is 0 Å². The Labute approximate surface area is 114 Å². The van der Waals surface area contributed by atoms with Gasteiger partial charge < -0.3 is 21.3 Å². The molecule has 2 atom stereocenters. The zero-order valence-electron chi connectivity index (χ0n) is 11.6. The van der Waals surface area contributed by atoms with Gasteiger partial charge in [0.1, 0.15) is 0 Å². The van der Waals surface area contributed by atoms with Crippen molar-refractivity contribution in [3.8, 4) is 0 Å². The van der Waals surface area contributed by atoms with E-state index in [1.807, 2.05) is 11.8 Å². The van der Waals surface area contributed by atoms with Gasteiger partial charge in [0.05, 0.1) is 5.54 Å². The molecule has 6 heteroatoms. The third-order valence-corrected chi connectivity index (χ3v) is 4.21. The molecule has 2 saturated heterocycles. The Kier molecular flexibility index (Phi) is 4.29. The number of rotatable bonds is 3. The van der Waals surface area contributed by atoms with Crippen LogP contribution in [-0.2, 0) is 4.79 Å². The molecule has 0 aromatic carbocycles. The fraction of sp³-hybridized carbons (Fsp3) is 0.846. The number of primary amides is 1. The summed E-state index contributed by atoms with van der Waals surface area (Å²) in [5.41, 5.74) is 4.69. The molecule has 2 unspecified atom stereocenters. The van der Waals surface area contributed by atoms with Crippen LogP contribution in [0.5, 0.6) is 0 Å². The third kappa shape index (κ3) is 3.37. The van der Waals surface area contributed by atoms with E-state index in [0.29, 0.717) is 12.5 Å². The number of amides is 3. The van der Waals surface area contributed by atoms with Gasteiger partial charge in [-0.2, -0.15) is 0 Å². The Morgan fingerprint density at radius 2 is 2.26 bits per heavy atom. The Balaban J connectivity index is 1.89. The zero-order valence-corrected chi connectivity index (χ0v) is 11.6. The van der Waals surface area contributed by atoms with E-state index in [-0.39, 0.29) is 11.4 Å². The van der Waals surface area contributed by atoms with Crippen molar-refractivity contribution in [3.63, 3.8) is 0 Å². The van der Waals surface area contributed by atoms with Crippen LogP contribution >= 0.6 is 0 Å². The largest absolute Gasteiger partial charge is 0.352 e. The summed E-state index contributed by atoms with van der Waals surface area (Å²) in [4.78, 5) is 25.2. The van der Waals surface area contributed by atoms with Crippen LogP contribution in [0.3, 0.4) is 0 Å². The van der Waals surface area contributed by atoms with Crippen molar-refractivity contribution < 1.29 is 9.59 Å². The van der Waals surface area contributed by atoms with E-state index in [1.54, 1.807) is 0 Å². The molecule has 0 aromatic rings. The highest BCUT2D eigenvalue weighted by Crippen LogP contribution is 2.24. The lowest BCUT2D eigenvalue weighted by Crippen LogP contribution is -2.55. The van der Waals surface area contributed by atoms with Crippen molar-refractivity contribution in [1.29, 1.82) is 0 Å². The maximum Gasteiger partial charge on any atom is 0.312 e. The fourth-order valence-corrected chi connectivity index (χ4v) is 3.09. The Hall–Kier alpha value is -1.30. The molecule has 108 valence electrons. The molecular formula is C13H24N4O2. The van der Waals surface area contributed by atoms with Gasteiger partial charge in [-0.15, -0.1) is 0 Å². The van der Waals surface area contributed by atoms with Crippen LogP contribution in [-0.4, -0.2) is 48.6 Å². The van der Waals surface area contributed by atoms with Crippen molar-refractivity contribution in [2.45, 2.75) is 38.1 Å². The molecule has 2 rings (SSSR count). The van der Waals surface area contributed by atoms with Crippen LogP contribution in [0.15, 0.2) is 0 Å². The topological polar surface area (TPSA) is 87.5 Å². The van der Waals surface area contributed by atoms with Gasteiger partial charge in [0.2, 0.25) is 5.91 Å². The van der Waals surface area contributed by atoms with Crippen LogP contribution in [0.25, 0.3) is 0 Å². The van der Waals surface area contributed by atoms with E-state index in [0.717, 1.165) is 45.3 Å². The van der Waals surface area contributed by atoms with E-state index >= 15 is 0 Å². The molecule has 0 spiro atoms. The van der Waals surface area contributed by atoms with Crippen LogP contribution in [0.1, 0.15) is 32.6 Å². The van der Waals surface area contributed by atoms with Crippen LogP contribution < -0.4 is 16.4 Å². The molecule has 2 aliphatic heterocycles. The molecule has 0 aromatic heterocycles. The second-order valence-corrected chi connectivity index (χ2v) is 5.87. The number of hydrogen-bond donors (Lipinski definition) is 3. The lowest BCUT2D eigenvalue weighted by Gasteiger charge is -2.37. The number of hydrogen-bond acceptors (Lipinski definition) is 3. The molecule has 2 heterocycles. The quantitative estimate of drug-likeness (QED) is 0.675. The maximum absolute atomic E-state index is 12.6. The van der Waals surface area contributed by atoms with E-state index in [2.05, 4.69) is 10.6 Å². The van der Waals surface area contributed by atoms with E-state index in [4.69, 9.17) is 5.73 Å². The summed E-state index contributed by atoms with van der Waals surface area (Å²) >= 11 is 0. The molecular weight excluding hydrogens is 244 g/mol. The third-order valence-electron chi connectivity index (χ3n) is 4.21. The Morgan fingerprint density at radius 3 is 2.89 bits per heavy atom. The van der Waals surface area contributed by atoms with Crippen molar-refractivity contribution in [2.75, 3.05) is 26.2 Å². The van der Waals surface area contributed by atoms with Gasteiger partial charge in [0.25, 0.3) is 0 Å². The standard InChI is InChI=1S/C13H24N4O2/c1-13(5-3-6-16-13)11(18)17-7-2-4-10(9-17)8-15-12(14)19/h10,16H,2-9H2,1H3,(H3,14,15,19). The lowest BCUT2D eigenvalue weighted by atomic mass is 9.93. The summed E-state index contributed by atoms with van der Waals surface area (Å²) in [6.07, 6.45) is 4.00. The first-order valence-corrected chi connectivity index (χ1v) is 7.09. The highest BCUT2D eigenvalue weighted by atomic mass is 16.2. The van der Waals surface area contributed by atoms with Gasteiger partial charge in [-0.3, -0.25) is 4.79 Å². The van der Waals surface area contributed by atoms with Crippen molar-refractivity contribution >= 4 is 11.9 Å². The summed E-state index contributed by atoms with van der Waals surface area (Å²) in [6.45, 7) is 5.01. The number of carbonyl (C=O) groups is 2. The van der Waals surface area contributed by atoms with Crippen molar-refractivity contribution in [3.05, 3.63) is 0 Å². The monoisotopic (exact) mass is 268 g/mol. The smallest absolute Gasteiger partial charge is 0.312 e. The molecule has 3 amide bonds. The maximum atomic E-state index is 12.6. The van der Waals surface area contributed by atoms with Crippen molar-refractivity contribution in [1.82, 2.24) is 15.5 Å². The first-order valence-electron chi connectivity index (χ1n) is 7.09. The summed E-state index contributed by atoms with van der Waals surface area (Å²) in [5, 5.41) is 5.95. The summed E-state index contributed by atoms with van der Waals surface area (Å²) in [6, 6.07) is -0.493. The molecule has 0 bridgehead atoms. The molecule has 6 nitrogen and oxygen atoms in total. The highest BCUT2D eigenvalue weighted by Gasteiger charge is 2.40. The summed E-state index contributed by atoms with van der Waals surface area (Å²) < 4.78 is 0. The van der Waals surface area contributed by atoms with Gasteiger partial charge in [0.15, 0.2) is 0 Å². The molecule has 2 aliphatic rings. The van der Waals surface area contributed by atoms with Gasteiger partial charge in [-0.05, 0) is 45.1 Å². The minimum Gasteiger partial charge on any atom is -0.352 e. The molecule has 0 aliphatic carbocycles. The van der Waals surface area contributed by atoms with Crippen LogP contribution in [0.2, 0.25) is 0 Å². The van der Waals surface area contributed by atoms with Crippen LogP contribution in [0, 0.1) is 5.92 Å². The number of likely N-dealkylation sites (tertiary alicyclic amines) is 1. The van der Waals surface area contributed by atoms with Crippen molar-refractivity contribution in [2.24, 2.45) is 11.7 Å². The molecule has 19 heavy (non-hydrogen) atoms. The molecule has 4 N–H and O–H groups in total. The predicted molar refractivity (Wildman–Crippen MR) is 72.5 cm³/mol. The number of nitrogens with two attached hydrogens (primary N) is 1. The lowest BCUT2D eigenvalue weighted by molar-refractivity contribution is -0.139. The van der Waals surface area contributed by atoms with E-state index in [9.17, 15) is 9.59 Å². The number of nitrogens with one attached hydrogen (secondary N) is 2. The molecule has 0 saturated carbocycles. The summed E-state index contributed by atoms with van der Waals surface area (Å²) in [5.74, 6) is 0.518. The molecule has 0 radical (unpaired) electrons. The Morgan fingerprint density at radius 1 is 1.47 bits per heavy atom. The average molecular weight is 268 g/mol.